The van der Waals surface area contributed by atoms with E-state index < -0.39 is 6.04 Å². The van der Waals surface area contributed by atoms with Crippen LogP contribution in [0.5, 0.6) is 11.5 Å². The van der Waals surface area contributed by atoms with E-state index in [1.165, 1.54) is 5.56 Å². The summed E-state index contributed by atoms with van der Waals surface area (Å²) in [4.78, 5) is 18.7. The lowest BCUT2D eigenvalue weighted by Crippen LogP contribution is -2.31. The third kappa shape index (κ3) is 6.79. The molecule has 8 nitrogen and oxygen atoms in total. The number of hydrogen-bond donors (Lipinski definition) is 2. The third-order valence-electron chi connectivity index (χ3n) is 6.93. The number of thioether (sulfide) groups is 1. The number of carbonyl (C=O) groups excluding carboxylic acids is 1. The van der Waals surface area contributed by atoms with Crippen LogP contribution in [0.25, 0.3) is 0 Å². The molecule has 0 aliphatic carbocycles. The van der Waals surface area contributed by atoms with E-state index in [1.54, 1.807) is 11.8 Å². The van der Waals surface area contributed by atoms with Crippen LogP contribution in [0, 0.1) is 6.92 Å². The summed E-state index contributed by atoms with van der Waals surface area (Å²) in [7, 11) is 0. The van der Waals surface area contributed by atoms with E-state index in [1.807, 2.05) is 73.1 Å². The number of allylic oxidation sites excluding steroid dienone is 1. The van der Waals surface area contributed by atoms with Gasteiger partial charge in [-0.1, -0.05) is 79.2 Å². The first-order chi connectivity index (χ1) is 20.5. The Morgan fingerprint density at radius 1 is 1.02 bits per heavy atom. The van der Waals surface area contributed by atoms with Crippen LogP contribution < -0.4 is 20.1 Å². The van der Waals surface area contributed by atoms with Crippen molar-refractivity contribution in [2.75, 3.05) is 23.0 Å². The number of fused-ring (bicyclic) bond motifs is 1. The van der Waals surface area contributed by atoms with Crippen LogP contribution in [0.1, 0.15) is 56.3 Å². The molecule has 0 saturated carbocycles. The van der Waals surface area contributed by atoms with Gasteiger partial charge in [-0.3, -0.25) is 4.79 Å². The Morgan fingerprint density at radius 2 is 1.83 bits per heavy atom. The highest BCUT2D eigenvalue weighted by Gasteiger charge is 2.34. The molecule has 0 bridgehead atoms. The molecule has 1 unspecified atom stereocenters. The number of carbonyl (C=O) groups is 1. The second-order valence-electron chi connectivity index (χ2n) is 10.2. The number of rotatable bonds is 12. The monoisotopic (exact) mass is 583 g/mol. The van der Waals surface area contributed by atoms with E-state index in [-0.39, 0.29) is 5.91 Å². The van der Waals surface area contributed by atoms with Gasteiger partial charge >= 0.3 is 0 Å². The average Bonchev–Trinajstić information content (AvgIpc) is 3.39. The van der Waals surface area contributed by atoms with E-state index in [2.05, 4.69) is 42.7 Å². The Kier molecular flexibility index (Phi) is 9.48. The average molecular weight is 584 g/mol. The van der Waals surface area contributed by atoms with Gasteiger partial charge in [0.15, 0.2) is 0 Å². The number of para-hydroxylation sites is 2. The predicted octanol–water partition coefficient (Wildman–Crippen LogP) is 7.38. The van der Waals surface area contributed by atoms with E-state index >= 15 is 0 Å². The summed E-state index contributed by atoms with van der Waals surface area (Å²) in [6, 6.07) is 23.1. The van der Waals surface area contributed by atoms with Crippen molar-refractivity contribution in [3.8, 4) is 11.5 Å². The van der Waals surface area contributed by atoms with Crippen molar-refractivity contribution < 1.29 is 14.3 Å². The first-order valence-corrected chi connectivity index (χ1v) is 15.3. The molecule has 2 N–H and O–H groups in total. The van der Waals surface area contributed by atoms with Gasteiger partial charge in [-0.05, 0) is 62.6 Å². The minimum absolute atomic E-state index is 0.238. The number of ether oxygens (including phenoxy) is 2. The fourth-order valence-electron chi connectivity index (χ4n) is 4.86. The smallest absolute Gasteiger partial charge is 0.255 e. The van der Waals surface area contributed by atoms with Gasteiger partial charge in [0.1, 0.15) is 24.1 Å². The number of hydrogen-bond acceptors (Lipinski definition) is 7. The van der Waals surface area contributed by atoms with Crippen LogP contribution in [0.4, 0.5) is 11.6 Å². The molecule has 9 heteroatoms. The lowest BCUT2D eigenvalue weighted by molar-refractivity contribution is -0.113. The molecule has 1 atom stereocenters. The number of anilines is 2. The van der Waals surface area contributed by atoms with E-state index in [4.69, 9.17) is 19.6 Å². The maximum absolute atomic E-state index is 13.9. The van der Waals surface area contributed by atoms with E-state index in [9.17, 15) is 4.79 Å². The van der Waals surface area contributed by atoms with Gasteiger partial charge in [0.25, 0.3) is 5.91 Å². The summed E-state index contributed by atoms with van der Waals surface area (Å²) in [5.74, 6) is 2.69. The fraction of sp³-hybridized carbons (Fsp3) is 0.303. The molecule has 1 aliphatic rings. The molecule has 0 radical (unpaired) electrons. The Labute approximate surface area is 251 Å². The van der Waals surface area contributed by atoms with Crippen molar-refractivity contribution in [2.45, 2.75) is 58.3 Å². The molecule has 0 saturated heterocycles. The number of unbranched alkanes of at least 4 members (excludes halogenated alkanes) is 1. The summed E-state index contributed by atoms with van der Waals surface area (Å²) in [5.41, 5.74) is 5.10. The van der Waals surface area contributed by atoms with Gasteiger partial charge in [-0.25, -0.2) is 4.68 Å². The van der Waals surface area contributed by atoms with Gasteiger partial charge in [0.05, 0.1) is 17.9 Å². The third-order valence-corrected chi connectivity index (χ3v) is 7.85. The van der Waals surface area contributed by atoms with Gasteiger partial charge in [0, 0.05) is 11.4 Å². The highest BCUT2D eigenvalue weighted by Crippen LogP contribution is 2.38. The maximum atomic E-state index is 13.9. The minimum Gasteiger partial charge on any atom is -0.492 e. The van der Waals surface area contributed by atoms with E-state index in [0.717, 1.165) is 41.2 Å². The molecular formula is C33H37N5O3S. The zero-order valence-corrected chi connectivity index (χ0v) is 25.3. The van der Waals surface area contributed by atoms with Crippen molar-refractivity contribution in [3.63, 3.8) is 0 Å². The molecule has 218 valence electrons. The zero-order chi connectivity index (χ0) is 29.5. The quantitative estimate of drug-likeness (QED) is 0.133. The van der Waals surface area contributed by atoms with Crippen LogP contribution in [-0.4, -0.2) is 33.0 Å². The molecule has 2 heterocycles. The molecule has 0 fully saturated rings. The Morgan fingerprint density at radius 3 is 2.60 bits per heavy atom. The number of amides is 1. The second-order valence-corrected chi connectivity index (χ2v) is 11.2. The van der Waals surface area contributed by atoms with Crippen LogP contribution in [-0.2, 0) is 11.4 Å². The summed E-state index contributed by atoms with van der Waals surface area (Å²) >= 11 is 1.63. The molecule has 42 heavy (non-hydrogen) atoms. The lowest BCUT2D eigenvalue weighted by Gasteiger charge is -2.29. The summed E-state index contributed by atoms with van der Waals surface area (Å²) in [6.45, 7) is 9.03. The molecule has 5 rings (SSSR count). The number of benzene rings is 3. The molecule has 3 aromatic carbocycles. The summed E-state index contributed by atoms with van der Waals surface area (Å²) < 4.78 is 13.6. The van der Waals surface area contributed by atoms with Crippen molar-refractivity contribution in [1.82, 2.24) is 14.8 Å². The van der Waals surface area contributed by atoms with Crippen molar-refractivity contribution >= 4 is 29.3 Å². The van der Waals surface area contributed by atoms with Crippen LogP contribution in [0.2, 0.25) is 0 Å². The number of aryl methyl sites for hydroxylation is 1. The second kappa shape index (κ2) is 13.6. The standard InChI is InChI=1S/C33H37N5O3S/c1-5-7-19-42-33-36-32-34-23(4)29(31(39)35-27-13-8-9-14-28(27)40-6-2)30(38(32)37-33)25-15-17-26(18-16-25)41-21-24-12-10-11-22(3)20-24/h8-18,20,30H,5-7,19,21H2,1-4H3,(H,35,39)(H,34,36,37). The number of nitrogens with one attached hydrogen (secondary N) is 2. The van der Waals surface area contributed by atoms with Crippen LogP contribution in [0.3, 0.4) is 0 Å². The SMILES string of the molecule is CCCCSc1nc2n(n1)C(c1ccc(OCc3cccc(C)c3)cc1)C(C(=O)Nc1ccccc1OCC)=C(C)N2. The maximum Gasteiger partial charge on any atom is 0.255 e. The normalized spacial score (nSPS) is 14.2. The number of nitrogens with zero attached hydrogens (tertiary/aromatic N) is 3. The Bertz CT molecular complexity index is 1560. The molecule has 4 aromatic rings. The largest absolute Gasteiger partial charge is 0.492 e. The van der Waals surface area contributed by atoms with Crippen LogP contribution >= 0.6 is 11.8 Å². The van der Waals surface area contributed by atoms with Crippen LogP contribution in [0.15, 0.2) is 89.2 Å². The first kappa shape index (κ1) is 29.3. The van der Waals surface area contributed by atoms with Gasteiger partial charge in [-0.2, -0.15) is 4.98 Å². The topological polar surface area (TPSA) is 90.3 Å². The minimum atomic E-state index is -0.487. The van der Waals surface area contributed by atoms with Gasteiger partial charge in [-0.15, -0.1) is 5.10 Å². The predicted molar refractivity (Wildman–Crippen MR) is 168 cm³/mol. The van der Waals surface area contributed by atoms with Crippen molar-refractivity contribution in [3.05, 3.63) is 101 Å². The van der Waals surface area contributed by atoms with E-state index in [0.29, 0.717) is 41.3 Å². The Hall–Kier alpha value is -4.24. The van der Waals surface area contributed by atoms with Gasteiger partial charge < -0.3 is 20.1 Å². The fourth-order valence-corrected chi connectivity index (χ4v) is 5.77. The highest BCUT2D eigenvalue weighted by molar-refractivity contribution is 7.99. The molecule has 1 aromatic heterocycles. The van der Waals surface area contributed by atoms with Gasteiger partial charge in [0.2, 0.25) is 11.1 Å². The van der Waals surface area contributed by atoms with Crippen molar-refractivity contribution in [1.29, 1.82) is 0 Å². The number of aromatic nitrogens is 3. The molecular weight excluding hydrogens is 546 g/mol. The molecule has 0 spiro atoms. The zero-order valence-electron chi connectivity index (χ0n) is 24.5. The highest BCUT2D eigenvalue weighted by atomic mass is 32.2. The Balaban J connectivity index is 1.45. The molecule has 1 aliphatic heterocycles. The van der Waals surface area contributed by atoms with Crippen molar-refractivity contribution in [2.24, 2.45) is 0 Å². The lowest BCUT2D eigenvalue weighted by atomic mass is 9.95. The summed E-state index contributed by atoms with van der Waals surface area (Å²) in [5, 5.41) is 11.9. The summed E-state index contributed by atoms with van der Waals surface area (Å²) in [6.07, 6.45) is 2.19. The first-order valence-electron chi connectivity index (χ1n) is 14.4. The molecule has 1 amide bonds.